The van der Waals surface area contributed by atoms with Gasteiger partial charge in [0.15, 0.2) is 5.78 Å². The standard InChI is InChI=1S/C17H16O2/c1-12-3-7-14(8-4-12)16(18)11-17(19)15-9-5-13(2)6-10-15/h3-11,18H,1-2H3. The third-order valence-corrected chi connectivity index (χ3v) is 2.95. The van der Waals surface area contributed by atoms with Gasteiger partial charge in [0.1, 0.15) is 5.76 Å². The largest absolute Gasteiger partial charge is 0.507 e. The first-order chi connectivity index (χ1) is 9.06. The second kappa shape index (κ2) is 5.53. The molecule has 0 aliphatic rings. The van der Waals surface area contributed by atoms with Crippen LogP contribution in [0.4, 0.5) is 0 Å². The SMILES string of the molecule is Cc1ccc(C(=O)C=C(O)c2ccc(C)cc2)cc1. The molecule has 2 heteroatoms. The van der Waals surface area contributed by atoms with E-state index < -0.39 is 0 Å². The van der Waals surface area contributed by atoms with Crippen LogP contribution in [0.5, 0.6) is 0 Å². The van der Waals surface area contributed by atoms with Crippen molar-refractivity contribution < 1.29 is 9.90 Å². The molecule has 0 aliphatic heterocycles. The molecular weight excluding hydrogens is 236 g/mol. The van der Waals surface area contributed by atoms with Crippen LogP contribution in [0.25, 0.3) is 5.76 Å². The summed E-state index contributed by atoms with van der Waals surface area (Å²) >= 11 is 0. The van der Waals surface area contributed by atoms with Gasteiger partial charge in [0.2, 0.25) is 0 Å². The van der Waals surface area contributed by atoms with Crippen molar-refractivity contribution in [1.29, 1.82) is 0 Å². The Labute approximate surface area is 113 Å². The van der Waals surface area contributed by atoms with Gasteiger partial charge in [-0.1, -0.05) is 59.7 Å². The summed E-state index contributed by atoms with van der Waals surface area (Å²) in [5.74, 6) is -0.205. The lowest BCUT2D eigenvalue weighted by atomic mass is 10.1. The Morgan fingerprint density at radius 2 is 1.26 bits per heavy atom. The van der Waals surface area contributed by atoms with Crippen LogP contribution in [0.1, 0.15) is 27.0 Å². The Morgan fingerprint density at radius 3 is 1.74 bits per heavy atom. The Morgan fingerprint density at radius 1 is 0.842 bits per heavy atom. The highest BCUT2D eigenvalue weighted by molar-refractivity contribution is 6.07. The summed E-state index contributed by atoms with van der Waals surface area (Å²) < 4.78 is 0. The van der Waals surface area contributed by atoms with Crippen molar-refractivity contribution in [2.24, 2.45) is 0 Å². The molecule has 96 valence electrons. The van der Waals surface area contributed by atoms with Crippen LogP contribution in [-0.2, 0) is 0 Å². The number of rotatable bonds is 3. The van der Waals surface area contributed by atoms with E-state index in [9.17, 15) is 9.90 Å². The minimum Gasteiger partial charge on any atom is -0.507 e. The molecule has 2 aromatic rings. The van der Waals surface area contributed by atoms with Gasteiger partial charge in [-0.25, -0.2) is 0 Å². The van der Waals surface area contributed by atoms with E-state index in [-0.39, 0.29) is 11.5 Å². The predicted molar refractivity (Wildman–Crippen MR) is 77.3 cm³/mol. The number of carbonyl (C=O) groups excluding carboxylic acids is 1. The minimum atomic E-state index is -0.196. The lowest BCUT2D eigenvalue weighted by molar-refractivity contribution is 0.104. The average Bonchev–Trinajstić information content (AvgIpc) is 2.40. The normalized spacial score (nSPS) is 11.4. The summed E-state index contributed by atoms with van der Waals surface area (Å²) in [4.78, 5) is 12.0. The molecule has 0 bridgehead atoms. The molecule has 0 atom stereocenters. The van der Waals surface area contributed by atoms with Crippen molar-refractivity contribution in [1.82, 2.24) is 0 Å². The quantitative estimate of drug-likeness (QED) is 0.507. The van der Waals surface area contributed by atoms with Crippen LogP contribution < -0.4 is 0 Å². The number of aliphatic hydroxyl groups is 1. The van der Waals surface area contributed by atoms with Crippen molar-refractivity contribution in [2.75, 3.05) is 0 Å². The molecule has 0 aliphatic carbocycles. The highest BCUT2D eigenvalue weighted by Crippen LogP contribution is 2.14. The Bertz CT molecular complexity index is 605. The maximum atomic E-state index is 12.0. The molecule has 0 amide bonds. The minimum absolute atomic E-state index is 0.00873. The number of allylic oxidation sites excluding steroid dienone is 1. The van der Waals surface area contributed by atoms with Gasteiger partial charge in [0.25, 0.3) is 0 Å². The fourth-order valence-corrected chi connectivity index (χ4v) is 1.73. The first-order valence-corrected chi connectivity index (χ1v) is 6.15. The number of carbonyl (C=O) groups is 1. The summed E-state index contributed by atoms with van der Waals surface area (Å²) in [5.41, 5.74) is 3.43. The molecule has 0 fully saturated rings. The second-order valence-corrected chi connectivity index (χ2v) is 4.63. The van der Waals surface area contributed by atoms with Crippen molar-refractivity contribution in [2.45, 2.75) is 13.8 Å². The average molecular weight is 252 g/mol. The molecule has 19 heavy (non-hydrogen) atoms. The summed E-state index contributed by atoms with van der Waals surface area (Å²) in [6.07, 6.45) is 1.26. The molecule has 0 unspecified atom stereocenters. The zero-order valence-electron chi connectivity index (χ0n) is 11.1. The van der Waals surface area contributed by atoms with Gasteiger partial charge in [-0.05, 0) is 13.8 Å². The fourth-order valence-electron chi connectivity index (χ4n) is 1.73. The lowest BCUT2D eigenvalue weighted by Gasteiger charge is -2.01. The molecule has 2 aromatic carbocycles. The molecule has 0 saturated carbocycles. The van der Waals surface area contributed by atoms with Gasteiger partial charge in [-0.2, -0.15) is 0 Å². The third kappa shape index (κ3) is 3.32. The van der Waals surface area contributed by atoms with E-state index in [1.54, 1.807) is 24.3 Å². The summed E-state index contributed by atoms with van der Waals surface area (Å²) in [7, 11) is 0. The zero-order chi connectivity index (χ0) is 13.8. The maximum absolute atomic E-state index is 12.0. The lowest BCUT2D eigenvalue weighted by Crippen LogP contribution is -1.96. The highest BCUT2D eigenvalue weighted by Gasteiger charge is 2.05. The van der Waals surface area contributed by atoms with E-state index in [1.165, 1.54) is 6.08 Å². The van der Waals surface area contributed by atoms with E-state index in [4.69, 9.17) is 0 Å². The maximum Gasteiger partial charge on any atom is 0.189 e. The van der Waals surface area contributed by atoms with E-state index in [1.807, 2.05) is 38.1 Å². The molecule has 2 rings (SSSR count). The Balaban J connectivity index is 2.22. The van der Waals surface area contributed by atoms with Crippen molar-refractivity contribution in [3.63, 3.8) is 0 Å². The molecule has 0 saturated heterocycles. The van der Waals surface area contributed by atoms with E-state index in [0.717, 1.165) is 11.1 Å². The smallest absolute Gasteiger partial charge is 0.189 e. The summed E-state index contributed by atoms with van der Waals surface area (Å²) in [6.45, 7) is 3.94. The number of ketones is 1. The number of benzene rings is 2. The van der Waals surface area contributed by atoms with E-state index >= 15 is 0 Å². The number of aryl methyl sites for hydroxylation is 2. The summed E-state index contributed by atoms with van der Waals surface area (Å²) in [5, 5.41) is 9.94. The van der Waals surface area contributed by atoms with Gasteiger partial charge < -0.3 is 5.11 Å². The van der Waals surface area contributed by atoms with Crippen LogP contribution in [0.2, 0.25) is 0 Å². The molecule has 1 N–H and O–H groups in total. The topological polar surface area (TPSA) is 37.3 Å². The Hall–Kier alpha value is -2.35. The van der Waals surface area contributed by atoms with Crippen molar-refractivity contribution in [3.05, 3.63) is 76.9 Å². The van der Waals surface area contributed by atoms with Gasteiger partial charge in [0, 0.05) is 17.2 Å². The third-order valence-electron chi connectivity index (χ3n) is 2.95. The Kier molecular flexibility index (Phi) is 3.81. The van der Waals surface area contributed by atoms with Crippen molar-refractivity contribution in [3.8, 4) is 0 Å². The molecule has 0 radical (unpaired) electrons. The van der Waals surface area contributed by atoms with E-state index in [2.05, 4.69) is 0 Å². The van der Waals surface area contributed by atoms with Gasteiger partial charge in [0.05, 0.1) is 0 Å². The van der Waals surface area contributed by atoms with Crippen molar-refractivity contribution >= 4 is 11.5 Å². The summed E-state index contributed by atoms with van der Waals surface area (Å²) in [6, 6.07) is 14.7. The van der Waals surface area contributed by atoms with E-state index in [0.29, 0.717) is 11.1 Å². The number of hydrogen-bond acceptors (Lipinski definition) is 2. The molecule has 0 aromatic heterocycles. The van der Waals surface area contributed by atoms with Gasteiger partial charge >= 0.3 is 0 Å². The van der Waals surface area contributed by atoms with Crippen LogP contribution in [0, 0.1) is 13.8 Å². The fraction of sp³-hybridized carbons (Fsp3) is 0.118. The van der Waals surface area contributed by atoms with Crippen LogP contribution in [0.3, 0.4) is 0 Å². The first kappa shape index (κ1) is 13.1. The second-order valence-electron chi connectivity index (χ2n) is 4.63. The molecular formula is C17H16O2. The molecule has 0 spiro atoms. The number of hydrogen-bond donors (Lipinski definition) is 1. The monoisotopic (exact) mass is 252 g/mol. The predicted octanol–water partition coefficient (Wildman–Crippen LogP) is 4.09. The van der Waals surface area contributed by atoms with Crippen LogP contribution >= 0.6 is 0 Å². The zero-order valence-corrected chi connectivity index (χ0v) is 11.1. The van der Waals surface area contributed by atoms with Crippen LogP contribution in [0.15, 0.2) is 54.6 Å². The van der Waals surface area contributed by atoms with Gasteiger partial charge in [-0.3, -0.25) is 4.79 Å². The molecule has 0 heterocycles. The highest BCUT2D eigenvalue weighted by atomic mass is 16.3. The number of aliphatic hydroxyl groups excluding tert-OH is 1. The van der Waals surface area contributed by atoms with Gasteiger partial charge in [-0.15, -0.1) is 0 Å². The van der Waals surface area contributed by atoms with Crippen LogP contribution in [-0.4, -0.2) is 10.9 Å². The molecule has 2 nitrogen and oxygen atoms in total. The first-order valence-electron chi connectivity index (χ1n) is 6.15.